The van der Waals surface area contributed by atoms with E-state index >= 15 is 0 Å². The smallest absolute Gasteiger partial charge is 1.00 e. The normalized spacial score (nSPS) is 11.8. The molecule has 0 bridgehead atoms. The minimum absolute atomic E-state index is 0. The summed E-state index contributed by atoms with van der Waals surface area (Å²) < 4.78 is 10.5. The Morgan fingerprint density at radius 3 is 0.937 bits per heavy atom. The van der Waals surface area contributed by atoms with Gasteiger partial charge in [0, 0.05) is 6.04 Å². The second-order valence-corrected chi connectivity index (χ2v) is 25.9. The van der Waals surface area contributed by atoms with Crippen LogP contribution in [-0.4, -0.2) is 20.3 Å². The van der Waals surface area contributed by atoms with Crippen molar-refractivity contribution in [2.45, 2.75) is 80.8 Å². The summed E-state index contributed by atoms with van der Waals surface area (Å²) in [4.78, 5) is 0. The summed E-state index contributed by atoms with van der Waals surface area (Å²) in [6, 6.07) is 71.9. The first-order valence-electron chi connectivity index (χ1n) is 26.8. The molecule has 0 aliphatic heterocycles. The van der Waals surface area contributed by atoms with Crippen molar-refractivity contribution in [2.75, 3.05) is 14.2 Å². The second-order valence-electron chi connectivity index (χ2n) is 21.5. The number of hydrogen-bond acceptors (Lipinski definition) is 4. The van der Waals surface area contributed by atoms with Crippen LogP contribution in [0.2, 0.25) is 0 Å². The van der Waals surface area contributed by atoms with Crippen LogP contribution in [0.4, 0.5) is 0 Å². The zero-order valence-electron chi connectivity index (χ0n) is 47.7. The van der Waals surface area contributed by atoms with Gasteiger partial charge in [0.2, 0.25) is 0 Å². The van der Waals surface area contributed by atoms with Gasteiger partial charge in [-0.1, -0.05) is 228 Å². The fraction of sp³-hybridized carbons (Fsp3) is 0.211. The number of hydrogen-bond donors (Lipinski definition) is 2. The number of halogens is 1. The predicted octanol–water partition coefficient (Wildman–Crippen LogP) is 11.5. The van der Waals surface area contributed by atoms with Gasteiger partial charge in [0.05, 0.1) is 19.8 Å². The standard InChI is InChI=1S/C52H48P2.C19H26N2O2.ClH.Ru/c1-33-21-34(2)26-43(25-33)53(44-27-35(3)22-36(4)28-44)49-19-17-41-13-9-11-15-47(41)51(49)52-48-16-12-10-14-42(48)18-20-50(52)54(45-29-37(5)23-38(6)30-45)46-31-39(7)24-40(8)32-46;1-13(2)18(20)19(21,14-5-9-16(22-3)10-6-14)15-7-11-17(23-4)12-8-15;;/h9-32H,1-8H3;5-13,18H,20-21H2,1-4H3;1H;/q;;;+1/p-1. The maximum absolute atomic E-state index is 6.86. The molecule has 1 unspecified atom stereocenters. The average Bonchev–Trinajstić information content (AvgIpc) is 3.52. The van der Waals surface area contributed by atoms with Crippen LogP contribution in [0.1, 0.15) is 69.5 Å². The topological polar surface area (TPSA) is 70.5 Å². The Balaban J connectivity index is 0.000000305. The first-order chi connectivity index (χ1) is 36.9. The number of nitrogens with two attached hydrogens (primary N) is 2. The summed E-state index contributed by atoms with van der Waals surface area (Å²) in [6.45, 7) is 22.1. The van der Waals surface area contributed by atoms with Crippen molar-refractivity contribution in [1.29, 1.82) is 0 Å². The summed E-state index contributed by atoms with van der Waals surface area (Å²) >= 11 is 0. The molecule has 0 saturated heterocycles. The molecule has 0 heterocycles. The van der Waals surface area contributed by atoms with Crippen molar-refractivity contribution < 1.29 is 41.4 Å². The van der Waals surface area contributed by atoms with Crippen LogP contribution in [0.25, 0.3) is 32.7 Å². The third-order valence-electron chi connectivity index (χ3n) is 14.8. The van der Waals surface area contributed by atoms with E-state index in [0.717, 1.165) is 22.6 Å². The molecule has 0 aliphatic carbocycles. The average molecular weight is 1190 g/mol. The third-order valence-corrected chi connectivity index (χ3v) is 19.6. The van der Waals surface area contributed by atoms with E-state index in [9.17, 15) is 0 Å². The van der Waals surface area contributed by atoms with E-state index in [0.29, 0.717) is 0 Å². The number of aryl methyl sites for hydroxylation is 8. The summed E-state index contributed by atoms with van der Waals surface area (Å²) in [5.41, 5.74) is 27.7. The monoisotopic (exact) mass is 1190 g/mol. The quantitative estimate of drug-likeness (QED) is 0.0891. The number of rotatable bonds is 13. The Kier molecular flexibility index (Phi) is 20.0. The first-order valence-corrected chi connectivity index (χ1v) is 29.4. The van der Waals surface area contributed by atoms with Crippen LogP contribution in [0.15, 0.2) is 194 Å². The SMILES string of the molecule is COc1ccc(C(N)(c2ccc(OC)cc2)C(N)C(C)C)cc1.Cc1cc(C)cc(P(c2cc(C)cc(C)c2)c2ccc3ccccc3c2-c2c(P(c3cc(C)cc(C)c3)c3cc(C)cc(C)c3)ccc3ccccc23)c1.[Cl-].[Ru+]. The van der Waals surface area contributed by atoms with E-state index < -0.39 is 21.4 Å². The molecule has 10 aromatic carbocycles. The van der Waals surface area contributed by atoms with E-state index in [2.05, 4.69) is 215 Å². The third kappa shape index (κ3) is 13.1. The van der Waals surface area contributed by atoms with E-state index in [-0.39, 0.29) is 43.8 Å². The molecule has 1 radical (unpaired) electrons. The number of benzene rings is 10. The van der Waals surface area contributed by atoms with Crippen molar-refractivity contribution >= 4 is 69.2 Å². The van der Waals surface area contributed by atoms with E-state index in [1.165, 1.54) is 109 Å². The molecule has 0 aliphatic rings. The minimum atomic E-state index is -0.937. The minimum Gasteiger partial charge on any atom is -1.00 e. The van der Waals surface area contributed by atoms with Gasteiger partial charge in [0.25, 0.3) is 0 Å². The molecule has 0 saturated carbocycles. The zero-order chi connectivity index (χ0) is 54.7. The molecule has 0 fully saturated rings. The van der Waals surface area contributed by atoms with Crippen LogP contribution in [-0.2, 0) is 25.0 Å². The summed E-state index contributed by atoms with van der Waals surface area (Å²) in [5, 5.41) is 13.6. The zero-order valence-corrected chi connectivity index (χ0v) is 52.0. The molecule has 0 spiro atoms. The van der Waals surface area contributed by atoms with Crippen molar-refractivity contribution in [1.82, 2.24) is 0 Å². The molecule has 0 aromatic heterocycles. The van der Waals surface area contributed by atoms with Gasteiger partial charge in [-0.25, -0.2) is 0 Å². The molecule has 10 rings (SSSR count). The Labute approximate surface area is 492 Å². The molecule has 79 heavy (non-hydrogen) atoms. The molecule has 4 nitrogen and oxygen atoms in total. The van der Waals surface area contributed by atoms with E-state index in [1.54, 1.807) is 14.2 Å². The first kappa shape index (κ1) is 60.6. The Morgan fingerprint density at radius 1 is 0.392 bits per heavy atom. The molecule has 1 atom stereocenters. The van der Waals surface area contributed by atoms with Crippen LogP contribution in [0, 0.1) is 61.3 Å². The second kappa shape index (κ2) is 26.1. The molecule has 4 N–H and O–H groups in total. The van der Waals surface area contributed by atoms with Crippen LogP contribution in [0.5, 0.6) is 11.5 Å². The fourth-order valence-electron chi connectivity index (χ4n) is 11.4. The van der Waals surface area contributed by atoms with Gasteiger partial charge in [0.15, 0.2) is 0 Å². The van der Waals surface area contributed by atoms with Gasteiger partial charge in [-0.15, -0.1) is 0 Å². The van der Waals surface area contributed by atoms with Crippen LogP contribution >= 0.6 is 15.8 Å². The summed E-state index contributed by atoms with van der Waals surface area (Å²) in [6.07, 6.45) is 0. The van der Waals surface area contributed by atoms with Crippen molar-refractivity contribution in [3.8, 4) is 22.6 Å². The number of fused-ring (bicyclic) bond motifs is 2. The van der Waals surface area contributed by atoms with Crippen molar-refractivity contribution in [3.05, 3.63) is 250 Å². The van der Waals surface area contributed by atoms with E-state index in [1.807, 2.05) is 48.5 Å². The van der Waals surface area contributed by atoms with Crippen LogP contribution in [0.3, 0.4) is 0 Å². The van der Waals surface area contributed by atoms with Gasteiger partial charge in [-0.3, -0.25) is 0 Å². The molecule has 10 aromatic rings. The molecule has 8 heteroatoms. The number of methoxy groups -OCH3 is 2. The van der Waals surface area contributed by atoms with E-state index in [4.69, 9.17) is 20.9 Å². The predicted molar refractivity (Wildman–Crippen MR) is 336 cm³/mol. The largest absolute Gasteiger partial charge is 1.00 e. The van der Waals surface area contributed by atoms with Gasteiger partial charge in [-0.05, 0) is 177 Å². The Hall–Kier alpha value is -5.99. The van der Waals surface area contributed by atoms with Crippen molar-refractivity contribution in [2.24, 2.45) is 17.4 Å². The number of ether oxygens (including phenoxy) is 2. The maximum atomic E-state index is 6.86. The van der Waals surface area contributed by atoms with Gasteiger partial charge >= 0.3 is 19.5 Å². The van der Waals surface area contributed by atoms with Gasteiger partial charge < -0.3 is 33.3 Å². The molecular formula is C71H74ClN2O2P2Ru. The van der Waals surface area contributed by atoms with Crippen LogP contribution < -0.4 is 65.2 Å². The molecule has 405 valence electrons. The molecular weight excluding hydrogens is 1110 g/mol. The Bertz CT molecular complexity index is 3330. The Morgan fingerprint density at radius 2 is 0.671 bits per heavy atom. The molecule has 0 amide bonds. The fourth-order valence-corrected chi connectivity index (χ4v) is 17.1. The maximum Gasteiger partial charge on any atom is 1.00 e. The summed E-state index contributed by atoms with van der Waals surface area (Å²) in [5.74, 6) is 1.82. The van der Waals surface area contributed by atoms with Gasteiger partial charge in [0.1, 0.15) is 11.5 Å². The van der Waals surface area contributed by atoms with Gasteiger partial charge in [-0.2, -0.15) is 0 Å². The summed E-state index contributed by atoms with van der Waals surface area (Å²) in [7, 11) is 1.42. The van der Waals surface area contributed by atoms with Crippen molar-refractivity contribution in [3.63, 3.8) is 0 Å².